The number of rotatable bonds is 1. The second-order valence-corrected chi connectivity index (χ2v) is 5.21. The molecule has 0 spiro atoms. The number of halogens is 1. The molecule has 1 aliphatic heterocycles. The lowest BCUT2D eigenvalue weighted by atomic mass is 10.1. The Labute approximate surface area is 110 Å². The number of nitrogens with zero attached hydrogens (tertiary/aromatic N) is 2. The monoisotopic (exact) mass is 297 g/mol. The number of carbonyl (C=O) groups excluding carboxylic acids is 1. The largest absolute Gasteiger partial charge is 0.325 e. The van der Waals surface area contributed by atoms with Crippen molar-refractivity contribution >= 4 is 27.8 Å². The maximum absolute atomic E-state index is 12.0. The van der Waals surface area contributed by atoms with Crippen molar-refractivity contribution in [2.45, 2.75) is 26.2 Å². The molecule has 1 aromatic rings. The molecule has 1 fully saturated rings. The number of anilines is 1. The molecule has 1 aromatic heterocycles. The molecule has 2 rings (SSSR count). The molecule has 0 bridgehead atoms. The van der Waals surface area contributed by atoms with Crippen LogP contribution in [0.5, 0.6) is 0 Å². The van der Waals surface area contributed by atoms with Gasteiger partial charge < -0.3 is 4.90 Å². The Kier molecular flexibility index (Phi) is 3.99. The van der Waals surface area contributed by atoms with Gasteiger partial charge in [0.2, 0.25) is 0 Å². The first kappa shape index (κ1) is 12.4. The number of nitrogens with one attached hydrogen (secondary N) is 1. The van der Waals surface area contributed by atoms with Crippen LogP contribution in [0.4, 0.5) is 10.6 Å². The molecular formula is C12H16BrN3O. The number of urea groups is 1. The fourth-order valence-electron chi connectivity index (χ4n) is 1.95. The summed E-state index contributed by atoms with van der Waals surface area (Å²) in [7, 11) is 0. The molecule has 0 radical (unpaired) electrons. The summed E-state index contributed by atoms with van der Waals surface area (Å²) in [6.07, 6.45) is 5.11. The number of pyridine rings is 1. The van der Waals surface area contributed by atoms with Crippen LogP contribution < -0.4 is 5.32 Å². The molecular weight excluding hydrogens is 282 g/mol. The molecule has 0 unspecified atom stereocenters. The fraction of sp³-hybridized carbons (Fsp3) is 0.500. The highest BCUT2D eigenvalue weighted by Gasteiger charge is 2.17. The normalized spacial score (nSPS) is 15.8. The molecule has 0 aromatic carbocycles. The second-order valence-electron chi connectivity index (χ2n) is 4.30. The van der Waals surface area contributed by atoms with E-state index in [1.165, 1.54) is 6.42 Å². The first-order valence-corrected chi connectivity index (χ1v) is 6.64. The van der Waals surface area contributed by atoms with E-state index in [0.717, 1.165) is 36.0 Å². The van der Waals surface area contributed by atoms with E-state index in [-0.39, 0.29) is 6.03 Å². The molecule has 0 atom stereocenters. The molecule has 5 heteroatoms. The summed E-state index contributed by atoms with van der Waals surface area (Å²) in [5.74, 6) is 0.642. The SMILES string of the molecule is Cc1cc(Br)cnc1NC(=O)N1CCCCC1. The highest BCUT2D eigenvalue weighted by molar-refractivity contribution is 9.10. The molecule has 1 saturated heterocycles. The summed E-state index contributed by atoms with van der Waals surface area (Å²) < 4.78 is 0.922. The van der Waals surface area contributed by atoms with Gasteiger partial charge in [-0.05, 0) is 53.7 Å². The molecule has 4 nitrogen and oxygen atoms in total. The van der Waals surface area contributed by atoms with Crippen LogP contribution >= 0.6 is 15.9 Å². The summed E-state index contributed by atoms with van der Waals surface area (Å²) in [6.45, 7) is 3.63. The van der Waals surface area contributed by atoms with Gasteiger partial charge in [0.25, 0.3) is 0 Å². The lowest BCUT2D eigenvalue weighted by molar-refractivity contribution is 0.200. The zero-order valence-corrected chi connectivity index (χ0v) is 11.5. The van der Waals surface area contributed by atoms with Crippen LogP contribution in [0.15, 0.2) is 16.7 Å². The number of likely N-dealkylation sites (tertiary alicyclic amines) is 1. The van der Waals surface area contributed by atoms with E-state index in [1.807, 2.05) is 17.9 Å². The molecule has 1 aliphatic rings. The number of carbonyl (C=O) groups is 1. The van der Waals surface area contributed by atoms with Crippen molar-refractivity contribution in [1.29, 1.82) is 0 Å². The minimum atomic E-state index is -0.0392. The van der Waals surface area contributed by atoms with Gasteiger partial charge in [-0.1, -0.05) is 0 Å². The van der Waals surface area contributed by atoms with Crippen molar-refractivity contribution in [3.8, 4) is 0 Å². The van der Waals surface area contributed by atoms with E-state index >= 15 is 0 Å². The lowest BCUT2D eigenvalue weighted by Gasteiger charge is -2.26. The van der Waals surface area contributed by atoms with Crippen LogP contribution in [-0.4, -0.2) is 29.0 Å². The predicted molar refractivity (Wildman–Crippen MR) is 71.1 cm³/mol. The van der Waals surface area contributed by atoms with Crippen LogP contribution in [0.25, 0.3) is 0 Å². The Morgan fingerprint density at radius 3 is 2.76 bits per heavy atom. The summed E-state index contributed by atoms with van der Waals surface area (Å²) >= 11 is 3.35. The van der Waals surface area contributed by atoms with Crippen LogP contribution in [-0.2, 0) is 0 Å². The Balaban J connectivity index is 2.02. The van der Waals surface area contributed by atoms with E-state index in [0.29, 0.717) is 5.82 Å². The third-order valence-electron chi connectivity index (χ3n) is 2.91. The predicted octanol–water partition coefficient (Wildman–Crippen LogP) is 3.17. The van der Waals surface area contributed by atoms with Crippen molar-refractivity contribution in [2.75, 3.05) is 18.4 Å². The Hall–Kier alpha value is -1.10. The molecule has 2 amide bonds. The van der Waals surface area contributed by atoms with Gasteiger partial charge in [-0.15, -0.1) is 0 Å². The van der Waals surface area contributed by atoms with Crippen LogP contribution in [0.1, 0.15) is 24.8 Å². The summed E-state index contributed by atoms with van der Waals surface area (Å²) in [5, 5.41) is 2.86. The van der Waals surface area contributed by atoms with E-state index < -0.39 is 0 Å². The smallest absolute Gasteiger partial charge is 0.323 e. The maximum atomic E-state index is 12.0. The van der Waals surface area contributed by atoms with E-state index in [9.17, 15) is 4.79 Å². The zero-order chi connectivity index (χ0) is 12.3. The minimum Gasteiger partial charge on any atom is -0.325 e. The van der Waals surface area contributed by atoms with Gasteiger partial charge in [-0.3, -0.25) is 5.32 Å². The number of aryl methyl sites for hydroxylation is 1. The standard InChI is InChI=1S/C12H16BrN3O/c1-9-7-10(13)8-14-11(9)15-12(17)16-5-3-2-4-6-16/h7-8H,2-6H2,1H3,(H,14,15,17). The molecule has 0 aliphatic carbocycles. The highest BCUT2D eigenvalue weighted by atomic mass is 79.9. The van der Waals surface area contributed by atoms with Crippen molar-refractivity contribution in [3.05, 3.63) is 22.3 Å². The van der Waals surface area contributed by atoms with Crippen molar-refractivity contribution in [3.63, 3.8) is 0 Å². The van der Waals surface area contributed by atoms with Crippen molar-refractivity contribution in [1.82, 2.24) is 9.88 Å². The molecule has 0 saturated carbocycles. The fourth-order valence-corrected chi connectivity index (χ4v) is 2.39. The van der Waals surface area contributed by atoms with E-state index in [1.54, 1.807) is 6.20 Å². The summed E-state index contributed by atoms with van der Waals surface area (Å²) in [4.78, 5) is 18.0. The molecule has 1 N–H and O–H groups in total. The summed E-state index contributed by atoms with van der Waals surface area (Å²) in [6, 6.07) is 1.90. The Morgan fingerprint density at radius 2 is 2.12 bits per heavy atom. The first-order chi connectivity index (χ1) is 8.16. The Bertz CT molecular complexity index is 416. The van der Waals surface area contributed by atoms with Gasteiger partial charge in [0.05, 0.1) is 0 Å². The maximum Gasteiger partial charge on any atom is 0.323 e. The third kappa shape index (κ3) is 3.19. The average Bonchev–Trinajstić information content (AvgIpc) is 2.34. The topological polar surface area (TPSA) is 45.2 Å². The first-order valence-electron chi connectivity index (χ1n) is 5.85. The minimum absolute atomic E-state index is 0.0392. The second kappa shape index (κ2) is 5.49. The summed E-state index contributed by atoms with van der Waals surface area (Å²) in [5.41, 5.74) is 0.963. The average molecular weight is 298 g/mol. The number of hydrogen-bond acceptors (Lipinski definition) is 2. The highest BCUT2D eigenvalue weighted by Crippen LogP contribution is 2.18. The van der Waals surface area contributed by atoms with Crippen LogP contribution in [0, 0.1) is 6.92 Å². The van der Waals surface area contributed by atoms with E-state index in [2.05, 4.69) is 26.2 Å². The lowest BCUT2D eigenvalue weighted by Crippen LogP contribution is -2.39. The zero-order valence-electron chi connectivity index (χ0n) is 9.87. The number of hydrogen-bond donors (Lipinski definition) is 1. The van der Waals surface area contributed by atoms with Gasteiger partial charge in [0, 0.05) is 23.8 Å². The third-order valence-corrected chi connectivity index (χ3v) is 3.35. The van der Waals surface area contributed by atoms with Crippen molar-refractivity contribution in [2.24, 2.45) is 0 Å². The molecule has 92 valence electrons. The van der Waals surface area contributed by atoms with Gasteiger partial charge in [0.1, 0.15) is 5.82 Å². The van der Waals surface area contributed by atoms with Crippen molar-refractivity contribution < 1.29 is 4.79 Å². The number of piperidine rings is 1. The number of aromatic nitrogens is 1. The number of amides is 2. The van der Waals surface area contributed by atoms with Gasteiger partial charge in [-0.2, -0.15) is 0 Å². The van der Waals surface area contributed by atoms with Crippen LogP contribution in [0.2, 0.25) is 0 Å². The molecule has 17 heavy (non-hydrogen) atoms. The van der Waals surface area contributed by atoms with E-state index in [4.69, 9.17) is 0 Å². The molecule has 2 heterocycles. The van der Waals surface area contributed by atoms with Gasteiger partial charge >= 0.3 is 6.03 Å². The van der Waals surface area contributed by atoms with Crippen LogP contribution in [0.3, 0.4) is 0 Å². The quantitative estimate of drug-likeness (QED) is 0.865. The Morgan fingerprint density at radius 1 is 1.41 bits per heavy atom. The van der Waals surface area contributed by atoms with Gasteiger partial charge in [-0.25, -0.2) is 9.78 Å². The van der Waals surface area contributed by atoms with Gasteiger partial charge in [0.15, 0.2) is 0 Å².